The fourth-order valence-electron chi connectivity index (χ4n) is 2.41. The summed E-state index contributed by atoms with van der Waals surface area (Å²) in [6.45, 7) is 7.89. The van der Waals surface area contributed by atoms with Gasteiger partial charge in [-0.1, -0.05) is 6.07 Å². The zero-order chi connectivity index (χ0) is 12.3. The molecule has 1 unspecified atom stereocenters. The number of likely N-dealkylation sites (tertiary alicyclic amines) is 1. The molecule has 0 bridgehead atoms. The molecule has 0 radical (unpaired) electrons. The van der Waals surface area contributed by atoms with Crippen molar-refractivity contribution in [3.8, 4) is 0 Å². The van der Waals surface area contributed by atoms with Gasteiger partial charge in [-0.3, -0.25) is 0 Å². The molecule has 1 atom stereocenters. The molecule has 0 aromatic heterocycles. The number of aryl methyl sites for hydroxylation is 1. The van der Waals surface area contributed by atoms with E-state index in [1.165, 1.54) is 25.9 Å². The van der Waals surface area contributed by atoms with Crippen LogP contribution in [0, 0.1) is 6.92 Å². The number of nitrogen functional groups attached to an aromatic ring is 1. The lowest BCUT2D eigenvalue weighted by Crippen LogP contribution is -2.32. The van der Waals surface area contributed by atoms with E-state index in [4.69, 9.17) is 5.73 Å². The predicted molar refractivity (Wildman–Crippen MR) is 74.4 cm³/mol. The van der Waals surface area contributed by atoms with E-state index in [1.807, 2.05) is 13.0 Å². The van der Waals surface area contributed by atoms with Crippen LogP contribution in [0.25, 0.3) is 0 Å². The Kier molecular flexibility index (Phi) is 3.89. The number of nitrogens with zero attached hydrogens (tertiary/aromatic N) is 1. The summed E-state index contributed by atoms with van der Waals surface area (Å²) in [6, 6.07) is 6.66. The van der Waals surface area contributed by atoms with Crippen molar-refractivity contribution < 1.29 is 0 Å². The smallest absolute Gasteiger partial charge is 0.0364 e. The summed E-state index contributed by atoms with van der Waals surface area (Å²) in [5.74, 6) is 0. The van der Waals surface area contributed by atoms with E-state index < -0.39 is 0 Å². The van der Waals surface area contributed by atoms with Gasteiger partial charge in [-0.05, 0) is 57.5 Å². The van der Waals surface area contributed by atoms with E-state index in [2.05, 4.69) is 29.3 Å². The van der Waals surface area contributed by atoms with Crippen molar-refractivity contribution in [1.82, 2.24) is 4.90 Å². The summed E-state index contributed by atoms with van der Waals surface area (Å²) in [6.07, 6.45) is 2.70. The molecule has 1 aromatic rings. The number of nitrogens with two attached hydrogens (primary N) is 1. The third-order valence-electron chi connectivity index (χ3n) is 3.42. The lowest BCUT2D eigenvalue weighted by Gasteiger charge is -2.22. The summed E-state index contributed by atoms with van der Waals surface area (Å²) in [4.78, 5) is 2.52. The zero-order valence-corrected chi connectivity index (χ0v) is 10.9. The molecule has 3 heteroatoms. The van der Waals surface area contributed by atoms with Crippen molar-refractivity contribution in [2.24, 2.45) is 0 Å². The van der Waals surface area contributed by atoms with Crippen molar-refractivity contribution in [3.63, 3.8) is 0 Å². The van der Waals surface area contributed by atoms with Gasteiger partial charge in [0.05, 0.1) is 0 Å². The average Bonchev–Trinajstić information content (AvgIpc) is 2.76. The minimum Gasteiger partial charge on any atom is -0.398 e. The van der Waals surface area contributed by atoms with Gasteiger partial charge in [-0.2, -0.15) is 0 Å². The first-order valence-electron chi connectivity index (χ1n) is 6.50. The molecule has 0 aliphatic carbocycles. The Morgan fingerprint density at radius 1 is 1.35 bits per heavy atom. The van der Waals surface area contributed by atoms with Gasteiger partial charge in [0.15, 0.2) is 0 Å². The van der Waals surface area contributed by atoms with Crippen LogP contribution in [0.1, 0.15) is 25.3 Å². The second-order valence-corrected chi connectivity index (χ2v) is 5.12. The van der Waals surface area contributed by atoms with E-state index in [9.17, 15) is 0 Å². The molecule has 0 saturated carbocycles. The normalized spacial score (nSPS) is 18.2. The molecule has 1 aliphatic rings. The van der Waals surface area contributed by atoms with E-state index in [0.717, 1.165) is 23.5 Å². The van der Waals surface area contributed by atoms with Crippen molar-refractivity contribution >= 4 is 11.4 Å². The summed E-state index contributed by atoms with van der Waals surface area (Å²) in [5.41, 5.74) is 9.04. The molecule has 3 N–H and O–H groups in total. The minimum absolute atomic E-state index is 0.468. The zero-order valence-electron chi connectivity index (χ0n) is 10.9. The van der Waals surface area contributed by atoms with Crippen LogP contribution in [-0.4, -0.2) is 30.6 Å². The minimum atomic E-state index is 0.468. The Morgan fingerprint density at radius 3 is 2.71 bits per heavy atom. The Morgan fingerprint density at radius 2 is 2.06 bits per heavy atom. The Balaban J connectivity index is 1.88. The molecule has 1 aliphatic heterocycles. The molecule has 0 amide bonds. The quantitative estimate of drug-likeness (QED) is 0.785. The first kappa shape index (κ1) is 12.2. The van der Waals surface area contributed by atoms with Gasteiger partial charge in [0.25, 0.3) is 0 Å². The van der Waals surface area contributed by atoms with Crippen LogP contribution >= 0.6 is 0 Å². The highest BCUT2D eigenvalue weighted by Gasteiger charge is 2.14. The maximum Gasteiger partial charge on any atom is 0.0364 e. The standard InChI is InChI=1S/C14H23N3/c1-11-5-6-13(9-14(11)15)16-12(2)10-17-7-3-4-8-17/h5-6,9,12,16H,3-4,7-8,10,15H2,1-2H3. The van der Waals surface area contributed by atoms with Crippen LogP contribution in [-0.2, 0) is 0 Å². The van der Waals surface area contributed by atoms with E-state index in [-0.39, 0.29) is 0 Å². The van der Waals surface area contributed by atoms with Crippen LogP contribution in [0.4, 0.5) is 11.4 Å². The van der Waals surface area contributed by atoms with Gasteiger partial charge >= 0.3 is 0 Å². The molecule has 2 rings (SSSR count). The van der Waals surface area contributed by atoms with Crippen molar-refractivity contribution in [2.75, 3.05) is 30.7 Å². The molecule has 1 saturated heterocycles. The van der Waals surface area contributed by atoms with Crippen molar-refractivity contribution in [2.45, 2.75) is 32.7 Å². The van der Waals surface area contributed by atoms with Gasteiger partial charge in [-0.15, -0.1) is 0 Å². The molecular weight excluding hydrogens is 210 g/mol. The SMILES string of the molecule is Cc1ccc(NC(C)CN2CCCC2)cc1N. The maximum absolute atomic E-state index is 5.91. The van der Waals surface area contributed by atoms with Crippen LogP contribution < -0.4 is 11.1 Å². The summed E-state index contributed by atoms with van der Waals surface area (Å²) >= 11 is 0. The maximum atomic E-state index is 5.91. The molecule has 94 valence electrons. The van der Waals surface area contributed by atoms with E-state index in [1.54, 1.807) is 0 Å². The van der Waals surface area contributed by atoms with Crippen molar-refractivity contribution in [3.05, 3.63) is 23.8 Å². The molecule has 1 heterocycles. The molecule has 3 nitrogen and oxygen atoms in total. The number of hydrogen-bond acceptors (Lipinski definition) is 3. The van der Waals surface area contributed by atoms with Gasteiger partial charge in [0.1, 0.15) is 0 Å². The van der Waals surface area contributed by atoms with Crippen LogP contribution in [0.2, 0.25) is 0 Å². The lowest BCUT2D eigenvalue weighted by atomic mass is 10.1. The van der Waals surface area contributed by atoms with Gasteiger partial charge in [0.2, 0.25) is 0 Å². The molecule has 1 fully saturated rings. The number of nitrogens with one attached hydrogen (secondary N) is 1. The van der Waals surface area contributed by atoms with Gasteiger partial charge < -0.3 is 16.0 Å². The topological polar surface area (TPSA) is 41.3 Å². The number of rotatable bonds is 4. The van der Waals surface area contributed by atoms with Gasteiger partial charge in [0, 0.05) is 24.0 Å². The van der Waals surface area contributed by atoms with E-state index in [0.29, 0.717) is 6.04 Å². The van der Waals surface area contributed by atoms with Crippen LogP contribution in [0.15, 0.2) is 18.2 Å². The largest absolute Gasteiger partial charge is 0.398 e. The highest BCUT2D eigenvalue weighted by atomic mass is 15.2. The fraction of sp³-hybridized carbons (Fsp3) is 0.571. The number of anilines is 2. The molecular formula is C14H23N3. The third kappa shape index (κ3) is 3.37. The fourth-order valence-corrected chi connectivity index (χ4v) is 2.41. The second-order valence-electron chi connectivity index (χ2n) is 5.12. The summed E-state index contributed by atoms with van der Waals surface area (Å²) < 4.78 is 0. The van der Waals surface area contributed by atoms with E-state index >= 15 is 0 Å². The Hall–Kier alpha value is -1.22. The number of hydrogen-bond donors (Lipinski definition) is 2. The molecule has 0 spiro atoms. The highest BCUT2D eigenvalue weighted by molar-refractivity contribution is 5.58. The van der Waals surface area contributed by atoms with Gasteiger partial charge in [-0.25, -0.2) is 0 Å². The lowest BCUT2D eigenvalue weighted by molar-refractivity contribution is 0.328. The first-order chi connectivity index (χ1) is 8.15. The highest BCUT2D eigenvalue weighted by Crippen LogP contribution is 2.18. The summed E-state index contributed by atoms with van der Waals surface area (Å²) in [7, 11) is 0. The molecule has 17 heavy (non-hydrogen) atoms. The van der Waals surface area contributed by atoms with Crippen molar-refractivity contribution in [1.29, 1.82) is 0 Å². The second kappa shape index (κ2) is 5.41. The number of benzene rings is 1. The van der Waals surface area contributed by atoms with Crippen LogP contribution in [0.5, 0.6) is 0 Å². The molecule has 1 aromatic carbocycles. The monoisotopic (exact) mass is 233 g/mol. The third-order valence-corrected chi connectivity index (χ3v) is 3.42. The predicted octanol–water partition coefficient (Wildman–Crippen LogP) is 2.47. The van der Waals surface area contributed by atoms with Crippen LogP contribution in [0.3, 0.4) is 0 Å². The average molecular weight is 233 g/mol. The first-order valence-corrected chi connectivity index (χ1v) is 6.50. The Bertz CT molecular complexity index is 370. The summed E-state index contributed by atoms with van der Waals surface area (Å²) in [5, 5.41) is 3.52. The Labute approximate surface area is 104 Å².